The molecule has 0 bridgehead atoms. The summed E-state index contributed by atoms with van der Waals surface area (Å²) in [6.45, 7) is 7.62. The third-order valence-electron chi connectivity index (χ3n) is 4.40. The molecule has 1 saturated heterocycles. The van der Waals surface area contributed by atoms with Crippen LogP contribution in [0.5, 0.6) is 0 Å². The summed E-state index contributed by atoms with van der Waals surface area (Å²) in [5.74, 6) is -0.249. The van der Waals surface area contributed by atoms with Crippen LogP contribution in [0.3, 0.4) is 0 Å². The van der Waals surface area contributed by atoms with Crippen LogP contribution < -0.4 is 0 Å². The topological polar surface area (TPSA) is 70.1 Å². The molecule has 1 aliphatic heterocycles. The third kappa shape index (κ3) is 4.60. The van der Waals surface area contributed by atoms with Gasteiger partial charge in [0.05, 0.1) is 6.54 Å². The van der Waals surface area contributed by atoms with Crippen LogP contribution in [-0.4, -0.2) is 64.8 Å². The van der Waals surface area contributed by atoms with Gasteiger partial charge in [-0.2, -0.15) is 0 Å². The van der Waals surface area contributed by atoms with Crippen molar-refractivity contribution in [3.63, 3.8) is 0 Å². The van der Waals surface area contributed by atoms with Gasteiger partial charge in [-0.3, -0.25) is 9.69 Å². The second kappa shape index (κ2) is 6.86. The van der Waals surface area contributed by atoms with E-state index in [0.717, 1.165) is 6.54 Å². The Morgan fingerprint density at radius 2 is 1.82 bits per heavy atom. The molecule has 1 saturated carbocycles. The Morgan fingerprint density at radius 3 is 2.36 bits per heavy atom. The van der Waals surface area contributed by atoms with Crippen molar-refractivity contribution in [2.75, 3.05) is 26.2 Å². The summed E-state index contributed by atoms with van der Waals surface area (Å²) in [6, 6.07) is -0.623. The minimum Gasteiger partial charge on any atom is -0.480 e. The molecule has 2 aliphatic rings. The van der Waals surface area contributed by atoms with E-state index in [1.165, 1.54) is 30.6 Å². The molecule has 0 spiro atoms. The van der Waals surface area contributed by atoms with E-state index >= 15 is 0 Å². The highest BCUT2D eigenvalue weighted by molar-refractivity contribution is 5.76. The summed E-state index contributed by atoms with van der Waals surface area (Å²) < 4.78 is 5.35. The number of carbonyl (C=O) groups excluding carboxylic acids is 1. The Kier molecular flexibility index (Phi) is 5.32. The first-order valence-electron chi connectivity index (χ1n) is 8.21. The molecule has 1 amide bonds. The molecule has 1 atom stereocenters. The fourth-order valence-corrected chi connectivity index (χ4v) is 3.29. The van der Waals surface area contributed by atoms with Gasteiger partial charge < -0.3 is 14.7 Å². The van der Waals surface area contributed by atoms with Crippen molar-refractivity contribution in [3.8, 4) is 0 Å². The number of nitrogens with zero attached hydrogens (tertiary/aromatic N) is 2. The number of piperazine rings is 1. The molecule has 1 heterocycles. The number of carbonyl (C=O) groups is 2. The Bertz CT molecular complexity index is 413. The van der Waals surface area contributed by atoms with Gasteiger partial charge in [0.25, 0.3) is 0 Å². The van der Waals surface area contributed by atoms with E-state index in [1.54, 1.807) is 0 Å². The fourth-order valence-electron chi connectivity index (χ4n) is 3.29. The van der Waals surface area contributed by atoms with Gasteiger partial charge in [0.1, 0.15) is 11.6 Å². The first-order chi connectivity index (χ1) is 10.3. The summed E-state index contributed by atoms with van der Waals surface area (Å²) in [5.41, 5.74) is -0.559. The molecule has 0 aromatic carbocycles. The van der Waals surface area contributed by atoms with Gasteiger partial charge in [0, 0.05) is 19.6 Å². The molecule has 126 valence electrons. The lowest BCUT2D eigenvalue weighted by Gasteiger charge is -2.40. The number of aliphatic carboxylic acids is 1. The van der Waals surface area contributed by atoms with Crippen molar-refractivity contribution in [2.24, 2.45) is 5.92 Å². The lowest BCUT2D eigenvalue weighted by atomic mass is 10.0. The second-order valence-electron chi connectivity index (χ2n) is 7.43. The molecule has 6 heteroatoms. The predicted molar refractivity (Wildman–Crippen MR) is 82.8 cm³/mol. The molecule has 22 heavy (non-hydrogen) atoms. The lowest BCUT2D eigenvalue weighted by molar-refractivity contribution is -0.145. The van der Waals surface area contributed by atoms with Crippen LogP contribution in [0.1, 0.15) is 46.5 Å². The summed E-state index contributed by atoms with van der Waals surface area (Å²) in [7, 11) is 0. The monoisotopic (exact) mass is 312 g/mol. The number of hydrogen-bond donors (Lipinski definition) is 1. The Morgan fingerprint density at radius 1 is 1.18 bits per heavy atom. The standard InChI is InChI=1S/C16H28N2O4/c1-16(2,3)22-15(21)18-9-8-17(13(11-18)14(19)20)10-12-6-4-5-7-12/h12-13H,4-11H2,1-3H3,(H,19,20). The first kappa shape index (κ1) is 17.1. The minimum absolute atomic E-state index is 0.205. The highest BCUT2D eigenvalue weighted by Crippen LogP contribution is 2.27. The van der Waals surface area contributed by atoms with Crippen molar-refractivity contribution in [2.45, 2.75) is 58.1 Å². The van der Waals surface area contributed by atoms with E-state index in [4.69, 9.17) is 4.74 Å². The van der Waals surface area contributed by atoms with Crippen molar-refractivity contribution < 1.29 is 19.4 Å². The van der Waals surface area contributed by atoms with Crippen molar-refractivity contribution in [3.05, 3.63) is 0 Å². The first-order valence-corrected chi connectivity index (χ1v) is 8.21. The van der Waals surface area contributed by atoms with Crippen LogP contribution >= 0.6 is 0 Å². The molecule has 2 fully saturated rings. The second-order valence-corrected chi connectivity index (χ2v) is 7.43. The van der Waals surface area contributed by atoms with Gasteiger partial charge in [-0.15, -0.1) is 0 Å². The minimum atomic E-state index is -0.855. The number of hydrogen-bond acceptors (Lipinski definition) is 4. The van der Waals surface area contributed by atoms with Crippen molar-refractivity contribution in [1.82, 2.24) is 9.80 Å². The predicted octanol–water partition coefficient (Wildman–Crippen LogP) is 2.18. The molecular weight excluding hydrogens is 284 g/mol. The van der Waals surface area contributed by atoms with Crippen molar-refractivity contribution in [1.29, 1.82) is 0 Å². The molecule has 1 N–H and O–H groups in total. The number of carboxylic acid groups (broad SMARTS) is 1. The Hall–Kier alpha value is -1.30. The number of amides is 1. The Labute approximate surface area is 132 Å². The number of carboxylic acids is 1. The maximum absolute atomic E-state index is 12.1. The van der Waals surface area contributed by atoms with Gasteiger partial charge in [-0.05, 0) is 39.5 Å². The summed E-state index contributed by atoms with van der Waals surface area (Å²) in [4.78, 5) is 27.2. The smallest absolute Gasteiger partial charge is 0.410 e. The van der Waals surface area contributed by atoms with Crippen LogP contribution in [0, 0.1) is 5.92 Å². The molecule has 1 aliphatic carbocycles. The highest BCUT2D eigenvalue weighted by Gasteiger charge is 2.36. The molecule has 1 unspecified atom stereocenters. The summed E-state index contributed by atoms with van der Waals surface area (Å²) in [6.07, 6.45) is 4.47. The summed E-state index contributed by atoms with van der Waals surface area (Å²) in [5, 5.41) is 9.49. The normalized spacial score (nSPS) is 24.5. The third-order valence-corrected chi connectivity index (χ3v) is 4.40. The summed E-state index contributed by atoms with van der Waals surface area (Å²) >= 11 is 0. The molecular formula is C16H28N2O4. The van der Waals surface area contributed by atoms with Gasteiger partial charge in [-0.25, -0.2) is 4.79 Å². The molecule has 0 radical (unpaired) electrons. The van der Waals surface area contributed by atoms with E-state index in [0.29, 0.717) is 19.0 Å². The van der Waals surface area contributed by atoms with Crippen LogP contribution in [0.25, 0.3) is 0 Å². The van der Waals surface area contributed by atoms with Gasteiger partial charge in [0.2, 0.25) is 0 Å². The largest absolute Gasteiger partial charge is 0.480 e. The molecule has 6 nitrogen and oxygen atoms in total. The highest BCUT2D eigenvalue weighted by atomic mass is 16.6. The van der Waals surface area contributed by atoms with E-state index in [2.05, 4.69) is 0 Å². The SMILES string of the molecule is CC(C)(C)OC(=O)N1CCN(CC2CCCC2)C(C(=O)O)C1. The average molecular weight is 312 g/mol. The van der Waals surface area contributed by atoms with Crippen LogP contribution in [0.4, 0.5) is 4.79 Å². The fraction of sp³-hybridized carbons (Fsp3) is 0.875. The maximum atomic E-state index is 12.1. The maximum Gasteiger partial charge on any atom is 0.410 e. The van der Waals surface area contributed by atoms with Gasteiger partial charge in [0.15, 0.2) is 0 Å². The van der Waals surface area contributed by atoms with E-state index < -0.39 is 23.7 Å². The van der Waals surface area contributed by atoms with E-state index in [9.17, 15) is 14.7 Å². The molecule has 0 aromatic rings. The van der Waals surface area contributed by atoms with Crippen molar-refractivity contribution >= 4 is 12.1 Å². The van der Waals surface area contributed by atoms with E-state index in [-0.39, 0.29) is 6.54 Å². The quantitative estimate of drug-likeness (QED) is 0.865. The van der Waals surface area contributed by atoms with Crippen LogP contribution in [0.2, 0.25) is 0 Å². The lowest BCUT2D eigenvalue weighted by Crippen LogP contribution is -2.59. The van der Waals surface area contributed by atoms with Gasteiger partial charge >= 0.3 is 12.1 Å². The van der Waals surface area contributed by atoms with Gasteiger partial charge in [-0.1, -0.05) is 12.8 Å². The van der Waals surface area contributed by atoms with Crippen LogP contribution in [-0.2, 0) is 9.53 Å². The zero-order valence-electron chi connectivity index (χ0n) is 13.9. The zero-order valence-corrected chi connectivity index (χ0v) is 13.9. The zero-order chi connectivity index (χ0) is 16.3. The average Bonchev–Trinajstić information content (AvgIpc) is 2.89. The van der Waals surface area contributed by atoms with Crippen LogP contribution in [0.15, 0.2) is 0 Å². The number of ether oxygens (including phenoxy) is 1. The molecule has 2 rings (SSSR count). The Balaban J connectivity index is 1.95. The van der Waals surface area contributed by atoms with E-state index in [1.807, 2.05) is 25.7 Å². The number of rotatable bonds is 3. The molecule has 0 aromatic heterocycles.